The van der Waals surface area contributed by atoms with Crippen LogP contribution in [-0.4, -0.2) is 150 Å². The van der Waals surface area contributed by atoms with Crippen molar-refractivity contribution in [3.05, 3.63) is 65.5 Å². The number of carbonyl (C=O) groups is 5. The Balaban J connectivity index is 0.645. The van der Waals surface area contributed by atoms with Crippen LogP contribution in [-0.2, 0) is 39.8 Å². The number of amides is 5. The van der Waals surface area contributed by atoms with E-state index >= 15 is 0 Å². The molecule has 0 bridgehead atoms. The molecule has 18 nitrogen and oxygen atoms in total. The average molecular weight is 853 g/mol. The summed E-state index contributed by atoms with van der Waals surface area (Å²) in [7, 11) is 0. The predicted molar refractivity (Wildman–Crippen MR) is 224 cm³/mol. The Morgan fingerprint density at radius 3 is 2.29 bits per heavy atom. The van der Waals surface area contributed by atoms with E-state index in [9.17, 15) is 24.0 Å². The number of fused-ring (bicyclic) bond motifs is 2. The van der Waals surface area contributed by atoms with Crippen LogP contribution in [0.2, 0.25) is 0 Å². The largest absolute Gasteiger partial charge is 0.488 e. The number of H-pyrrole nitrogens is 1. The standard InChI is InChI=1S/C44H52N8O10/c1-44(12-13-44)62-30-7-8-33-32(26-30)40(49-48-33)34-27-36(46-28-45-34)50-14-16-51(17-15-50)38(54)11-19-59-21-23-61-25-24-60-22-20-58-18-3-5-29-4-2-6-31-39(29)43(57)52(42(31)56)35-9-10-37(53)47-41(35)55/h2,4,6-8,26-28,35H,3,5,9-25H2,1H3,(H,48,49)(H,47,53,55). The molecule has 1 atom stereocenters. The molecule has 2 aromatic heterocycles. The monoisotopic (exact) mass is 852 g/mol. The molecular formula is C44H52N8O10. The molecular weight excluding hydrogens is 801 g/mol. The molecule has 3 aliphatic heterocycles. The van der Waals surface area contributed by atoms with Gasteiger partial charge in [-0.05, 0) is 68.9 Å². The molecule has 18 heteroatoms. The smallest absolute Gasteiger partial charge is 0.262 e. The molecule has 2 N–H and O–H groups in total. The van der Waals surface area contributed by atoms with Gasteiger partial charge in [-0.2, -0.15) is 5.10 Å². The number of benzene rings is 2. The second-order valence-corrected chi connectivity index (χ2v) is 16.1. The van der Waals surface area contributed by atoms with Gasteiger partial charge in [-0.1, -0.05) is 12.1 Å². The molecule has 1 saturated carbocycles. The van der Waals surface area contributed by atoms with Crippen molar-refractivity contribution in [2.24, 2.45) is 0 Å². The number of piperidine rings is 1. The Morgan fingerprint density at radius 1 is 0.839 bits per heavy atom. The molecule has 4 aliphatic rings. The Bertz CT molecular complexity index is 2290. The maximum atomic E-state index is 13.3. The summed E-state index contributed by atoms with van der Waals surface area (Å²) in [6.07, 6.45) is 5.30. The van der Waals surface area contributed by atoms with Gasteiger partial charge in [-0.25, -0.2) is 9.97 Å². The third-order valence-corrected chi connectivity index (χ3v) is 11.6. The number of aryl methyl sites for hydroxylation is 1. The number of nitrogens with one attached hydrogen (secondary N) is 2. The molecule has 328 valence electrons. The first kappa shape index (κ1) is 42.9. The number of carbonyl (C=O) groups excluding carboxylic acids is 5. The van der Waals surface area contributed by atoms with Gasteiger partial charge in [0.2, 0.25) is 17.7 Å². The van der Waals surface area contributed by atoms with Crippen molar-refractivity contribution < 1.29 is 47.7 Å². The highest BCUT2D eigenvalue weighted by Crippen LogP contribution is 2.40. The van der Waals surface area contributed by atoms with E-state index in [2.05, 4.69) is 37.3 Å². The second kappa shape index (κ2) is 19.5. The van der Waals surface area contributed by atoms with Crippen molar-refractivity contribution in [3.8, 4) is 17.1 Å². The zero-order chi connectivity index (χ0) is 43.1. The zero-order valence-electron chi connectivity index (χ0n) is 34.9. The number of ether oxygens (including phenoxy) is 5. The first-order valence-electron chi connectivity index (χ1n) is 21.3. The Morgan fingerprint density at radius 2 is 1.56 bits per heavy atom. The third kappa shape index (κ3) is 10.1. The molecule has 0 spiro atoms. The van der Waals surface area contributed by atoms with E-state index in [0.717, 1.165) is 57.2 Å². The summed E-state index contributed by atoms with van der Waals surface area (Å²) in [6, 6.07) is 12.0. The normalized spacial score (nSPS) is 18.4. The minimum absolute atomic E-state index is 0.0548. The zero-order valence-corrected chi connectivity index (χ0v) is 34.9. The van der Waals surface area contributed by atoms with E-state index in [1.807, 2.05) is 29.2 Å². The first-order valence-corrected chi connectivity index (χ1v) is 21.3. The lowest BCUT2D eigenvalue weighted by Gasteiger charge is -2.35. The molecule has 62 heavy (non-hydrogen) atoms. The lowest BCUT2D eigenvalue weighted by molar-refractivity contribution is -0.136. The van der Waals surface area contributed by atoms with Gasteiger partial charge in [0.15, 0.2) is 0 Å². The highest BCUT2D eigenvalue weighted by Gasteiger charge is 2.45. The molecule has 0 radical (unpaired) electrons. The van der Waals surface area contributed by atoms with E-state index in [4.69, 9.17) is 23.7 Å². The van der Waals surface area contributed by atoms with Crippen LogP contribution >= 0.6 is 0 Å². The fourth-order valence-electron chi connectivity index (χ4n) is 7.89. The maximum absolute atomic E-state index is 13.3. The van der Waals surface area contributed by atoms with Crippen LogP contribution < -0.4 is 15.0 Å². The van der Waals surface area contributed by atoms with Crippen LogP contribution in [0.3, 0.4) is 0 Å². The number of nitrogens with zero attached hydrogens (tertiary/aromatic N) is 6. The topological polar surface area (TPSA) is 208 Å². The molecule has 8 rings (SSSR count). The van der Waals surface area contributed by atoms with Crippen LogP contribution in [0.25, 0.3) is 22.3 Å². The third-order valence-electron chi connectivity index (χ3n) is 11.6. The number of imide groups is 2. The van der Waals surface area contributed by atoms with Crippen molar-refractivity contribution in [1.29, 1.82) is 0 Å². The Kier molecular flexibility index (Phi) is 13.5. The van der Waals surface area contributed by atoms with Gasteiger partial charge in [0.05, 0.1) is 75.0 Å². The summed E-state index contributed by atoms with van der Waals surface area (Å²) >= 11 is 0. The molecule has 3 fully saturated rings. The predicted octanol–water partition coefficient (Wildman–Crippen LogP) is 3.09. The van der Waals surface area contributed by atoms with Gasteiger partial charge < -0.3 is 33.5 Å². The molecule has 2 aromatic carbocycles. The maximum Gasteiger partial charge on any atom is 0.262 e. The molecule has 5 heterocycles. The fourth-order valence-corrected chi connectivity index (χ4v) is 7.89. The second-order valence-electron chi connectivity index (χ2n) is 16.1. The van der Waals surface area contributed by atoms with Crippen LogP contribution in [0, 0.1) is 0 Å². The number of rotatable bonds is 21. The summed E-state index contributed by atoms with van der Waals surface area (Å²) in [4.78, 5) is 77.2. The van der Waals surface area contributed by atoms with Gasteiger partial charge in [0, 0.05) is 50.7 Å². The molecule has 1 aliphatic carbocycles. The van der Waals surface area contributed by atoms with Crippen LogP contribution in [0.1, 0.15) is 71.7 Å². The highest BCUT2D eigenvalue weighted by molar-refractivity contribution is 6.24. The van der Waals surface area contributed by atoms with E-state index < -0.39 is 29.7 Å². The molecule has 4 aromatic rings. The van der Waals surface area contributed by atoms with E-state index in [-0.39, 0.29) is 29.9 Å². The van der Waals surface area contributed by atoms with Crippen LogP contribution in [0.15, 0.2) is 48.8 Å². The summed E-state index contributed by atoms with van der Waals surface area (Å²) in [5.41, 5.74) is 3.60. The Hall–Kier alpha value is -5.82. The summed E-state index contributed by atoms with van der Waals surface area (Å²) in [5.74, 6) is -0.387. The number of aromatic nitrogens is 4. The van der Waals surface area contributed by atoms with Gasteiger partial charge in [0.25, 0.3) is 11.8 Å². The van der Waals surface area contributed by atoms with Crippen molar-refractivity contribution in [2.75, 3.05) is 83.9 Å². The summed E-state index contributed by atoms with van der Waals surface area (Å²) in [6.45, 7) is 7.70. The minimum atomic E-state index is -0.993. The van der Waals surface area contributed by atoms with Gasteiger partial charge in [-0.15, -0.1) is 0 Å². The molecule has 1 unspecified atom stereocenters. The summed E-state index contributed by atoms with van der Waals surface area (Å²) in [5, 5.41) is 10.8. The van der Waals surface area contributed by atoms with E-state index in [1.165, 1.54) is 0 Å². The van der Waals surface area contributed by atoms with Crippen molar-refractivity contribution in [2.45, 2.75) is 63.5 Å². The highest BCUT2D eigenvalue weighted by atomic mass is 16.6. The van der Waals surface area contributed by atoms with Crippen LogP contribution in [0.4, 0.5) is 5.82 Å². The summed E-state index contributed by atoms with van der Waals surface area (Å²) < 4.78 is 28.7. The van der Waals surface area contributed by atoms with E-state index in [1.54, 1.807) is 24.5 Å². The van der Waals surface area contributed by atoms with Gasteiger partial charge >= 0.3 is 0 Å². The minimum Gasteiger partial charge on any atom is -0.488 e. The number of piperazine rings is 1. The molecule has 5 amide bonds. The number of aromatic amines is 1. The quantitative estimate of drug-likeness (QED) is 0.0913. The lowest BCUT2D eigenvalue weighted by atomic mass is 9.99. The van der Waals surface area contributed by atoms with Crippen LogP contribution in [0.5, 0.6) is 5.75 Å². The van der Waals surface area contributed by atoms with Crippen molar-refractivity contribution >= 4 is 46.3 Å². The van der Waals surface area contributed by atoms with E-state index in [0.29, 0.717) is 104 Å². The first-order chi connectivity index (χ1) is 30.2. The molecule has 2 saturated heterocycles. The Labute approximate surface area is 358 Å². The van der Waals surface area contributed by atoms with Crippen molar-refractivity contribution in [3.63, 3.8) is 0 Å². The van der Waals surface area contributed by atoms with Gasteiger partial charge in [0.1, 0.15) is 35.2 Å². The van der Waals surface area contributed by atoms with Gasteiger partial charge in [-0.3, -0.25) is 39.3 Å². The number of anilines is 1. The number of hydrogen-bond donors (Lipinski definition) is 2. The SMILES string of the molecule is CC1(Oc2ccc3[nH]nc(-c4cc(N5CCN(C(=O)CCOCCOCCOCCOCCCc6cccc7c6C(=O)N(C6CCC(=O)NC6=O)C7=O)CC5)ncn4)c3c2)CC1. The lowest BCUT2D eigenvalue weighted by Crippen LogP contribution is -2.54. The average Bonchev–Trinajstić information content (AvgIpc) is 3.75. The van der Waals surface area contributed by atoms with Crippen molar-refractivity contribution in [1.82, 2.24) is 35.3 Å². The fraction of sp³-hybridized carbons (Fsp3) is 0.500. The number of hydrogen-bond acceptors (Lipinski definition) is 14.